The quantitative estimate of drug-likeness (QED) is 0.510. The summed E-state index contributed by atoms with van der Waals surface area (Å²) in [6, 6.07) is 0. The van der Waals surface area contributed by atoms with Crippen LogP contribution in [-0.2, 0) is 9.47 Å². The second-order valence-corrected chi connectivity index (χ2v) is 2.10. The fourth-order valence-corrected chi connectivity index (χ4v) is 0.697. The van der Waals surface area contributed by atoms with Gasteiger partial charge in [0.1, 0.15) is 0 Å². The van der Waals surface area contributed by atoms with Crippen molar-refractivity contribution in [3.63, 3.8) is 0 Å². The van der Waals surface area contributed by atoms with Crippen molar-refractivity contribution < 1.29 is 9.47 Å². The maximum absolute atomic E-state index is 5.16. The van der Waals surface area contributed by atoms with Crippen LogP contribution >= 0.6 is 0 Å². The lowest BCUT2D eigenvalue weighted by Crippen LogP contribution is -1.97. The molecule has 0 bridgehead atoms. The smallest absolute Gasteiger partial charge is 0.0466 e. The van der Waals surface area contributed by atoms with E-state index < -0.39 is 0 Å². The number of ether oxygens (including phenoxy) is 2. The minimum atomic E-state index is 0.828. The highest BCUT2D eigenvalue weighted by atomic mass is 16.5. The Balaban J connectivity index is 2.65. The summed E-state index contributed by atoms with van der Waals surface area (Å²) in [6.07, 6.45) is 2.24. The molecule has 0 unspecified atom stereocenters. The highest BCUT2D eigenvalue weighted by Crippen LogP contribution is 1.90. The van der Waals surface area contributed by atoms with Crippen LogP contribution < -0.4 is 0 Å². The van der Waals surface area contributed by atoms with Gasteiger partial charge in [-0.25, -0.2) is 0 Å². The minimum absolute atomic E-state index is 0.828. The summed E-state index contributed by atoms with van der Waals surface area (Å²) >= 11 is 0. The van der Waals surface area contributed by atoms with E-state index in [1.165, 1.54) is 0 Å². The molecule has 0 aromatic carbocycles. The zero-order valence-electron chi connectivity index (χ0n) is 7.06. The number of rotatable bonds is 7. The summed E-state index contributed by atoms with van der Waals surface area (Å²) in [6.45, 7) is 7.45. The Bertz CT molecular complexity index is 47.2. The molecule has 2 nitrogen and oxygen atoms in total. The summed E-state index contributed by atoms with van der Waals surface area (Å²) in [5.41, 5.74) is 0. The van der Waals surface area contributed by atoms with Gasteiger partial charge in [0.05, 0.1) is 0 Å². The van der Waals surface area contributed by atoms with Crippen molar-refractivity contribution in [1.29, 1.82) is 0 Å². The van der Waals surface area contributed by atoms with Crippen LogP contribution in [0.2, 0.25) is 0 Å². The van der Waals surface area contributed by atoms with Crippen molar-refractivity contribution in [1.82, 2.24) is 0 Å². The molecule has 0 rings (SSSR count). The van der Waals surface area contributed by atoms with Crippen LogP contribution in [0.3, 0.4) is 0 Å². The molecule has 0 aliphatic rings. The minimum Gasteiger partial charge on any atom is -0.382 e. The van der Waals surface area contributed by atoms with Crippen LogP contribution in [0.4, 0.5) is 0 Å². The van der Waals surface area contributed by atoms with E-state index in [0.29, 0.717) is 0 Å². The van der Waals surface area contributed by atoms with Crippen LogP contribution in [-0.4, -0.2) is 26.4 Å². The average Bonchev–Trinajstić information content (AvgIpc) is 1.97. The SMILES string of the molecule is CCOCCCCOCC. The van der Waals surface area contributed by atoms with Gasteiger partial charge in [-0.1, -0.05) is 0 Å². The Labute approximate surface area is 63.5 Å². The Morgan fingerprint density at radius 1 is 0.800 bits per heavy atom. The van der Waals surface area contributed by atoms with Gasteiger partial charge in [0, 0.05) is 26.4 Å². The third kappa shape index (κ3) is 7.92. The summed E-state index contributed by atoms with van der Waals surface area (Å²) in [5, 5.41) is 0. The van der Waals surface area contributed by atoms with Gasteiger partial charge in [-0.2, -0.15) is 0 Å². The first kappa shape index (κ1) is 9.92. The molecule has 0 aromatic rings. The molecule has 62 valence electrons. The van der Waals surface area contributed by atoms with E-state index in [1.807, 2.05) is 13.8 Å². The molecule has 0 radical (unpaired) electrons. The normalized spacial score (nSPS) is 10.2. The third-order valence-electron chi connectivity index (χ3n) is 1.24. The zero-order valence-corrected chi connectivity index (χ0v) is 7.06. The molecule has 0 atom stereocenters. The topological polar surface area (TPSA) is 18.5 Å². The maximum Gasteiger partial charge on any atom is 0.0466 e. The molecule has 0 spiro atoms. The predicted molar refractivity (Wildman–Crippen MR) is 42.2 cm³/mol. The van der Waals surface area contributed by atoms with Crippen LogP contribution in [0.25, 0.3) is 0 Å². The molecule has 10 heavy (non-hydrogen) atoms. The van der Waals surface area contributed by atoms with Crippen molar-refractivity contribution in [2.24, 2.45) is 0 Å². The first-order valence-corrected chi connectivity index (χ1v) is 4.07. The molecule has 0 amide bonds. The zero-order chi connectivity index (χ0) is 7.66. The molecule has 0 saturated carbocycles. The predicted octanol–water partition coefficient (Wildman–Crippen LogP) is 1.84. The van der Waals surface area contributed by atoms with Gasteiger partial charge in [0.25, 0.3) is 0 Å². The summed E-state index contributed by atoms with van der Waals surface area (Å²) < 4.78 is 10.3. The summed E-state index contributed by atoms with van der Waals surface area (Å²) in [5.74, 6) is 0. The van der Waals surface area contributed by atoms with E-state index in [4.69, 9.17) is 9.47 Å². The van der Waals surface area contributed by atoms with E-state index in [9.17, 15) is 0 Å². The van der Waals surface area contributed by atoms with E-state index >= 15 is 0 Å². The monoisotopic (exact) mass is 146 g/mol. The van der Waals surface area contributed by atoms with Crippen molar-refractivity contribution >= 4 is 0 Å². The molecular weight excluding hydrogens is 128 g/mol. The molecule has 2 heteroatoms. The Morgan fingerprint density at radius 3 is 1.50 bits per heavy atom. The van der Waals surface area contributed by atoms with E-state index in [0.717, 1.165) is 39.3 Å². The van der Waals surface area contributed by atoms with Crippen LogP contribution in [0.5, 0.6) is 0 Å². The maximum atomic E-state index is 5.16. The number of hydrogen-bond donors (Lipinski definition) is 0. The number of hydrogen-bond acceptors (Lipinski definition) is 2. The molecule has 0 aliphatic heterocycles. The van der Waals surface area contributed by atoms with E-state index in [-0.39, 0.29) is 0 Å². The van der Waals surface area contributed by atoms with Gasteiger partial charge in [0.15, 0.2) is 0 Å². The lowest BCUT2D eigenvalue weighted by Gasteiger charge is -2.00. The molecule has 0 heterocycles. The average molecular weight is 146 g/mol. The molecular formula is C8H18O2. The van der Waals surface area contributed by atoms with Gasteiger partial charge in [-0.05, 0) is 26.7 Å². The van der Waals surface area contributed by atoms with E-state index in [1.54, 1.807) is 0 Å². The van der Waals surface area contributed by atoms with Crippen LogP contribution in [0, 0.1) is 0 Å². The van der Waals surface area contributed by atoms with Gasteiger partial charge in [-0.3, -0.25) is 0 Å². The molecule has 0 N–H and O–H groups in total. The molecule has 0 aromatic heterocycles. The lowest BCUT2D eigenvalue weighted by molar-refractivity contribution is 0.114. The largest absolute Gasteiger partial charge is 0.382 e. The van der Waals surface area contributed by atoms with Gasteiger partial charge < -0.3 is 9.47 Å². The fraction of sp³-hybridized carbons (Fsp3) is 1.00. The first-order valence-electron chi connectivity index (χ1n) is 4.07. The third-order valence-corrected chi connectivity index (χ3v) is 1.24. The Morgan fingerprint density at radius 2 is 1.20 bits per heavy atom. The summed E-state index contributed by atoms with van der Waals surface area (Å²) in [4.78, 5) is 0. The fourth-order valence-electron chi connectivity index (χ4n) is 0.697. The molecule has 0 fully saturated rings. The highest BCUT2D eigenvalue weighted by molar-refractivity contribution is 4.36. The lowest BCUT2D eigenvalue weighted by atomic mass is 10.3. The van der Waals surface area contributed by atoms with Gasteiger partial charge >= 0.3 is 0 Å². The van der Waals surface area contributed by atoms with Crippen molar-refractivity contribution in [3.05, 3.63) is 0 Å². The Kier molecular flexibility index (Phi) is 8.85. The standard InChI is InChI=1S/C8H18O2/c1-3-9-7-5-6-8-10-4-2/h3-8H2,1-2H3. The first-order chi connectivity index (χ1) is 4.91. The second kappa shape index (κ2) is 8.92. The number of unbranched alkanes of at least 4 members (excludes halogenated alkanes) is 1. The van der Waals surface area contributed by atoms with Crippen LogP contribution in [0.15, 0.2) is 0 Å². The summed E-state index contributed by atoms with van der Waals surface area (Å²) in [7, 11) is 0. The van der Waals surface area contributed by atoms with Crippen molar-refractivity contribution in [3.8, 4) is 0 Å². The van der Waals surface area contributed by atoms with Crippen molar-refractivity contribution in [2.45, 2.75) is 26.7 Å². The van der Waals surface area contributed by atoms with Gasteiger partial charge in [0.2, 0.25) is 0 Å². The Hall–Kier alpha value is -0.0800. The molecule has 0 aliphatic carbocycles. The highest BCUT2D eigenvalue weighted by Gasteiger charge is 1.86. The molecule has 0 saturated heterocycles. The second-order valence-electron chi connectivity index (χ2n) is 2.10. The van der Waals surface area contributed by atoms with Gasteiger partial charge in [-0.15, -0.1) is 0 Å². The van der Waals surface area contributed by atoms with Crippen molar-refractivity contribution in [2.75, 3.05) is 26.4 Å². The van der Waals surface area contributed by atoms with E-state index in [2.05, 4.69) is 0 Å². The van der Waals surface area contributed by atoms with Crippen LogP contribution in [0.1, 0.15) is 26.7 Å².